The largest absolute Gasteiger partial charge is 0.490 e. The molecule has 0 unspecified atom stereocenters. The van der Waals surface area contributed by atoms with E-state index in [2.05, 4.69) is 15.9 Å². The zero-order valence-electron chi connectivity index (χ0n) is 9.90. The number of hydrogen-bond acceptors (Lipinski definition) is 3. The van der Waals surface area contributed by atoms with Crippen LogP contribution in [0.1, 0.15) is 19.3 Å². The van der Waals surface area contributed by atoms with Crippen molar-refractivity contribution in [3.05, 3.63) is 24.3 Å². The molecular weight excluding hydrogens is 284 g/mol. The number of ether oxygens (including phenoxy) is 2. The topological polar surface area (TPSA) is 38.7 Å². The van der Waals surface area contributed by atoms with Gasteiger partial charge in [0.15, 0.2) is 11.5 Å². The Morgan fingerprint density at radius 2 is 1.53 bits per heavy atom. The molecule has 0 aliphatic carbocycles. The maximum atomic E-state index is 8.70. The summed E-state index contributed by atoms with van der Waals surface area (Å²) in [6.45, 7) is 1.36. The van der Waals surface area contributed by atoms with Gasteiger partial charge in [-0.1, -0.05) is 28.1 Å². The Hall–Kier alpha value is -0.740. The Labute approximate surface area is 111 Å². The van der Waals surface area contributed by atoms with E-state index in [0.717, 1.165) is 29.7 Å². The molecule has 0 amide bonds. The van der Waals surface area contributed by atoms with E-state index in [1.54, 1.807) is 0 Å². The summed E-state index contributed by atoms with van der Waals surface area (Å²) in [7, 11) is 0. The van der Waals surface area contributed by atoms with Gasteiger partial charge >= 0.3 is 0 Å². The fraction of sp³-hybridized carbons (Fsp3) is 0.538. The van der Waals surface area contributed by atoms with E-state index in [1.807, 2.05) is 24.3 Å². The van der Waals surface area contributed by atoms with Crippen molar-refractivity contribution in [2.45, 2.75) is 19.3 Å². The van der Waals surface area contributed by atoms with E-state index in [4.69, 9.17) is 14.6 Å². The lowest BCUT2D eigenvalue weighted by molar-refractivity contribution is 0.222. The summed E-state index contributed by atoms with van der Waals surface area (Å²) in [6.07, 6.45) is 2.77. The third-order valence-electron chi connectivity index (χ3n) is 2.19. The van der Waals surface area contributed by atoms with Gasteiger partial charge in [-0.25, -0.2) is 0 Å². The highest BCUT2D eigenvalue weighted by molar-refractivity contribution is 9.09. The molecule has 4 heteroatoms. The van der Waals surface area contributed by atoms with Crippen LogP contribution in [0, 0.1) is 0 Å². The van der Waals surface area contributed by atoms with E-state index >= 15 is 0 Å². The number of hydrogen-bond donors (Lipinski definition) is 1. The van der Waals surface area contributed by atoms with Crippen LogP contribution in [0.4, 0.5) is 0 Å². The first-order valence-electron chi connectivity index (χ1n) is 5.90. The molecule has 0 aromatic heterocycles. The van der Waals surface area contributed by atoms with Gasteiger partial charge in [0.25, 0.3) is 0 Å². The van der Waals surface area contributed by atoms with Gasteiger partial charge in [0.05, 0.1) is 13.2 Å². The van der Waals surface area contributed by atoms with Gasteiger partial charge in [-0.3, -0.25) is 0 Å². The molecular formula is C13H19BrO3. The van der Waals surface area contributed by atoms with Crippen LogP contribution in [0.2, 0.25) is 0 Å². The number of unbranched alkanes of at least 4 members (excludes halogenated alkanes) is 1. The molecule has 0 aliphatic heterocycles. The Morgan fingerprint density at radius 1 is 0.941 bits per heavy atom. The van der Waals surface area contributed by atoms with Crippen LogP contribution >= 0.6 is 15.9 Å². The Kier molecular flexibility index (Phi) is 7.84. The minimum absolute atomic E-state index is 0.147. The average Bonchev–Trinajstić information content (AvgIpc) is 2.36. The van der Waals surface area contributed by atoms with E-state index in [9.17, 15) is 0 Å². The molecule has 0 radical (unpaired) electrons. The summed E-state index contributed by atoms with van der Waals surface area (Å²) in [4.78, 5) is 0. The van der Waals surface area contributed by atoms with Crippen molar-refractivity contribution in [3.8, 4) is 11.5 Å². The average molecular weight is 303 g/mol. The monoisotopic (exact) mass is 302 g/mol. The highest BCUT2D eigenvalue weighted by Gasteiger charge is 2.03. The molecule has 0 atom stereocenters. The third-order valence-corrected chi connectivity index (χ3v) is 2.76. The Bertz CT molecular complexity index is 304. The smallest absolute Gasteiger partial charge is 0.161 e. The standard InChI is InChI=1S/C13H19BrO3/c14-8-3-4-10-16-12-6-1-2-7-13(12)17-11-5-9-15/h1-2,6-7,15H,3-5,8-11H2. The van der Waals surface area contributed by atoms with Gasteiger partial charge in [0.1, 0.15) is 0 Å². The fourth-order valence-electron chi connectivity index (χ4n) is 1.31. The molecule has 0 saturated carbocycles. The quantitative estimate of drug-likeness (QED) is 0.563. The van der Waals surface area contributed by atoms with E-state index < -0.39 is 0 Å². The minimum Gasteiger partial charge on any atom is -0.490 e. The second-order valence-electron chi connectivity index (χ2n) is 3.62. The maximum Gasteiger partial charge on any atom is 0.161 e. The van der Waals surface area contributed by atoms with Crippen molar-refractivity contribution in [2.75, 3.05) is 25.2 Å². The van der Waals surface area contributed by atoms with E-state index in [-0.39, 0.29) is 6.61 Å². The van der Waals surface area contributed by atoms with Gasteiger partial charge in [-0.05, 0) is 25.0 Å². The molecule has 0 saturated heterocycles. The minimum atomic E-state index is 0.147. The molecule has 96 valence electrons. The summed E-state index contributed by atoms with van der Waals surface area (Å²) < 4.78 is 11.2. The SMILES string of the molecule is OCCCOc1ccccc1OCCCCBr. The molecule has 1 aromatic carbocycles. The number of aliphatic hydroxyl groups is 1. The van der Waals surface area contributed by atoms with Crippen LogP contribution in [0.3, 0.4) is 0 Å². The molecule has 0 fully saturated rings. The molecule has 3 nitrogen and oxygen atoms in total. The third kappa shape index (κ3) is 5.94. The van der Waals surface area contributed by atoms with Crippen LogP contribution in [-0.4, -0.2) is 30.3 Å². The first-order chi connectivity index (χ1) is 8.38. The van der Waals surface area contributed by atoms with Gasteiger partial charge in [-0.2, -0.15) is 0 Å². The molecule has 1 N–H and O–H groups in total. The number of alkyl halides is 1. The molecule has 1 aromatic rings. The molecule has 0 bridgehead atoms. The second-order valence-corrected chi connectivity index (χ2v) is 4.41. The Morgan fingerprint density at radius 3 is 2.06 bits per heavy atom. The first-order valence-corrected chi connectivity index (χ1v) is 7.02. The molecule has 17 heavy (non-hydrogen) atoms. The number of aliphatic hydroxyl groups excluding tert-OH is 1. The fourth-order valence-corrected chi connectivity index (χ4v) is 1.71. The second kappa shape index (κ2) is 9.31. The summed E-state index contributed by atoms with van der Waals surface area (Å²) in [5.74, 6) is 1.53. The summed E-state index contributed by atoms with van der Waals surface area (Å²) in [5.41, 5.74) is 0. The van der Waals surface area contributed by atoms with Gasteiger partial charge in [-0.15, -0.1) is 0 Å². The number of halogens is 1. The van der Waals surface area contributed by atoms with Crippen molar-refractivity contribution in [1.82, 2.24) is 0 Å². The first kappa shape index (κ1) is 14.3. The van der Waals surface area contributed by atoms with Crippen molar-refractivity contribution < 1.29 is 14.6 Å². The summed E-state index contributed by atoms with van der Waals surface area (Å²) in [6, 6.07) is 7.64. The van der Waals surface area contributed by atoms with Gasteiger partial charge in [0.2, 0.25) is 0 Å². The summed E-state index contributed by atoms with van der Waals surface area (Å²) >= 11 is 3.39. The zero-order valence-corrected chi connectivity index (χ0v) is 11.5. The predicted molar refractivity (Wildman–Crippen MR) is 72.2 cm³/mol. The molecule has 0 spiro atoms. The Balaban J connectivity index is 2.40. The van der Waals surface area contributed by atoms with Crippen LogP contribution in [0.15, 0.2) is 24.3 Å². The zero-order chi connectivity index (χ0) is 12.3. The number of rotatable bonds is 9. The predicted octanol–water partition coefficient (Wildman–Crippen LogP) is 3.00. The van der Waals surface area contributed by atoms with Crippen molar-refractivity contribution >= 4 is 15.9 Å². The number of benzene rings is 1. The highest BCUT2D eigenvalue weighted by Crippen LogP contribution is 2.26. The van der Waals surface area contributed by atoms with Crippen LogP contribution in [0.25, 0.3) is 0 Å². The molecule has 1 rings (SSSR count). The molecule has 0 aliphatic rings. The normalized spacial score (nSPS) is 10.2. The lowest BCUT2D eigenvalue weighted by atomic mass is 10.3. The molecule has 0 heterocycles. The summed E-state index contributed by atoms with van der Waals surface area (Å²) in [5, 5.41) is 9.70. The van der Waals surface area contributed by atoms with E-state index in [1.165, 1.54) is 0 Å². The van der Waals surface area contributed by atoms with E-state index in [0.29, 0.717) is 19.6 Å². The van der Waals surface area contributed by atoms with Gasteiger partial charge < -0.3 is 14.6 Å². The maximum absolute atomic E-state index is 8.70. The van der Waals surface area contributed by atoms with Crippen LogP contribution in [-0.2, 0) is 0 Å². The number of para-hydroxylation sites is 2. The van der Waals surface area contributed by atoms with Crippen molar-refractivity contribution in [2.24, 2.45) is 0 Å². The van der Waals surface area contributed by atoms with Crippen molar-refractivity contribution in [1.29, 1.82) is 0 Å². The lowest BCUT2D eigenvalue weighted by Gasteiger charge is -2.12. The van der Waals surface area contributed by atoms with Crippen LogP contribution < -0.4 is 9.47 Å². The van der Waals surface area contributed by atoms with Crippen molar-refractivity contribution in [3.63, 3.8) is 0 Å². The lowest BCUT2D eigenvalue weighted by Crippen LogP contribution is -2.03. The van der Waals surface area contributed by atoms with Crippen LogP contribution in [0.5, 0.6) is 11.5 Å². The van der Waals surface area contributed by atoms with Gasteiger partial charge in [0, 0.05) is 18.4 Å². The highest BCUT2D eigenvalue weighted by atomic mass is 79.9.